The number of hydrogen-bond donors (Lipinski definition) is 0. The van der Waals surface area contributed by atoms with Crippen molar-refractivity contribution in [2.24, 2.45) is 5.92 Å². The average molecular weight is 645 g/mol. The maximum atomic E-state index is 6.91. The summed E-state index contributed by atoms with van der Waals surface area (Å²) in [6, 6.07) is 0. The Hall–Kier alpha value is -0.240. The van der Waals surface area contributed by atoms with Gasteiger partial charge in [-0.1, -0.05) is 85.5 Å². The van der Waals surface area contributed by atoms with Crippen molar-refractivity contribution in [1.29, 1.82) is 0 Å². The topological polar surface area (TPSA) is 55.4 Å². The van der Waals surface area contributed by atoms with Crippen molar-refractivity contribution in [3.63, 3.8) is 0 Å². The molecule has 0 spiro atoms. The Labute approximate surface area is 281 Å². The molecule has 6 heteroatoms. The molecule has 0 radical (unpaired) electrons. The molecule has 0 fully saturated rings. The summed E-state index contributed by atoms with van der Waals surface area (Å²) in [6.45, 7) is 18.3. The molecule has 0 amide bonds. The lowest BCUT2D eigenvalue weighted by Gasteiger charge is -2.38. The molecule has 3 atom stereocenters. The van der Waals surface area contributed by atoms with E-state index < -0.39 is 0 Å². The fourth-order valence-electron chi connectivity index (χ4n) is 6.09. The van der Waals surface area contributed by atoms with E-state index in [-0.39, 0.29) is 11.7 Å². The van der Waals surface area contributed by atoms with Crippen LogP contribution in [0.25, 0.3) is 0 Å². The number of hydrogen-bond acceptors (Lipinski definition) is 6. The minimum Gasteiger partial charge on any atom is -0.385 e. The fourth-order valence-corrected chi connectivity index (χ4v) is 6.09. The van der Waals surface area contributed by atoms with E-state index in [1.807, 2.05) is 7.11 Å². The molecular weight excluding hydrogens is 564 g/mol. The standard InChI is InChI=1S/C39H80O6/c1-7-12-15-17-18-20-30-43-35-27-39(45-32-14-9-3,26-34-42-29-19-16-13-8-2)36-37(25-33-40-6)23-24-38(44-11-5)22-21-31-41-28-10-4/h37-38H,7-36H2,1-6H3. The normalized spacial score (nSPS) is 14.5. The Morgan fingerprint density at radius 2 is 1.04 bits per heavy atom. The Morgan fingerprint density at radius 3 is 1.64 bits per heavy atom. The summed E-state index contributed by atoms with van der Waals surface area (Å²) >= 11 is 0. The Bertz CT molecular complexity index is 562. The summed E-state index contributed by atoms with van der Waals surface area (Å²) in [5.74, 6) is 0.508. The van der Waals surface area contributed by atoms with E-state index in [2.05, 4.69) is 34.6 Å². The highest BCUT2D eigenvalue weighted by Gasteiger charge is 2.34. The summed E-state index contributed by atoms with van der Waals surface area (Å²) in [4.78, 5) is 0. The maximum Gasteiger partial charge on any atom is 0.0729 e. The zero-order valence-electron chi connectivity index (χ0n) is 31.3. The van der Waals surface area contributed by atoms with Crippen molar-refractivity contribution in [3.8, 4) is 0 Å². The van der Waals surface area contributed by atoms with E-state index in [1.165, 1.54) is 51.4 Å². The summed E-state index contributed by atoms with van der Waals surface area (Å²) in [7, 11) is 1.82. The molecule has 272 valence electrons. The molecule has 0 aliphatic rings. The molecule has 0 aliphatic heterocycles. The molecule has 0 heterocycles. The van der Waals surface area contributed by atoms with Gasteiger partial charge in [-0.25, -0.2) is 0 Å². The van der Waals surface area contributed by atoms with Gasteiger partial charge in [-0.3, -0.25) is 0 Å². The van der Waals surface area contributed by atoms with Gasteiger partial charge in [0.15, 0.2) is 0 Å². The van der Waals surface area contributed by atoms with Gasteiger partial charge >= 0.3 is 0 Å². The van der Waals surface area contributed by atoms with Crippen molar-refractivity contribution in [2.75, 3.05) is 66.6 Å². The van der Waals surface area contributed by atoms with Gasteiger partial charge in [0, 0.05) is 66.6 Å². The van der Waals surface area contributed by atoms with Crippen LogP contribution >= 0.6 is 0 Å². The predicted octanol–water partition coefficient (Wildman–Crippen LogP) is 10.7. The molecule has 0 rings (SSSR count). The van der Waals surface area contributed by atoms with Crippen molar-refractivity contribution >= 4 is 0 Å². The molecule has 0 N–H and O–H groups in total. The second-order valence-electron chi connectivity index (χ2n) is 13.2. The molecule has 0 aliphatic carbocycles. The van der Waals surface area contributed by atoms with Gasteiger partial charge < -0.3 is 28.4 Å². The molecule has 0 aromatic heterocycles. The number of ether oxygens (including phenoxy) is 6. The van der Waals surface area contributed by atoms with Crippen molar-refractivity contribution in [2.45, 2.75) is 181 Å². The van der Waals surface area contributed by atoms with Crippen LogP contribution in [0.4, 0.5) is 0 Å². The van der Waals surface area contributed by atoms with Gasteiger partial charge in [0.25, 0.3) is 0 Å². The first-order valence-corrected chi connectivity index (χ1v) is 19.6. The Balaban J connectivity index is 5.45. The highest BCUT2D eigenvalue weighted by atomic mass is 16.5. The SMILES string of the molecule is CCCCCCCCOCCC(CCOCCCCCC)(CC(CCOC)CCC(CCCOCCC)OCC)OCCCC. The second-order valence-corrected chi connectivity index (χ2v) is 13.2. The van der Waals surface area contributed by atoms with Gasteiger partial charge in [0.05, 0.1) is 11.7 Å². The highest BCUT2D eigenvalue weighted by molar-refractivity contribution is 4.85. The molecular formula is C39H80O6. The first kappa shape index (κ1) is 44.8. The molecule has 0 saturated carbocycles. The first-order chi connectivity index (χ1) is 22.1. The Morgan fingerprint density at radius 1 is 0.467 bits per heavy atom. The molecule has 6 nitrogen and oxygen atoms in total. The second kappa shape index (κ2) is 35.1. The van der Waals surface area contributed by atoms with Crippen LogP contribution in [0.2, 0.25) is 0 Å². The monoisotopic (exact) mass is 645 g/mol. The van der Waals surface area contributed by atoms with Gasteiger partial charge in [-0.15, -0.1) is 0 Å². The van der Waals surface area contributed by atoms with Crippen molar-refractivity contribution in [3.05, 3.63) is 0 Å². The van der Waals surface area contributed by atoms with Gasteiger partial charge in [0.1, 0.15) is 0 Å². The zero-order chi connectivity index (χ0) is 33.1. The molecule has 0 aromatic carbocycles. The van der Waals surface area contributed by atoms with E-state index in [4.69, 9.17) is 28.4 Å². The van der Waals surface area contributed by atoms with Crippen LogP contribution in [-0.2, 0) is 28.4 Å². The van der Waals surface area contributed by atoms with E-state index in [0.717, 1.165) is 143 Å². The third-order valence-corrected chi connectivity index (χ3v) is 8.95. The van der Waals surface area contributed by atoms with E-state index in [9.17, 15) is 0 Å². The summed E-state index contributed by atoms with van der Waals surface area (Å²) < 4.78 is 37.0. The van der Waals surface area contributed by atoms with Crippen LogP contribution in [0.15, 0.2) is 0 Å². The van der Waals surface area contributed by atoms with Gasteiger partial charge in [-0.05, 0) is 89.9 Å². The maximum absolute atomic E-state index is 6.91. The van der Waals surface area contributed by atoms with Crippen molar-refractivity contribution < 1.29 is 28.4 Å². The van der Waals surface area contributed by atoms with Crippen LogP contribution in [-0.4, -0.2) is 78.3 Å². The minimum absolute atomic E-state index is 0.229. The van der Waals surface area contributed by atoms with Gasteiger partial charge in [-0.2, -0.15) is 0 Å². The quantitative estimate of drug-likeness (QED) is 0.0623. The van der Waals surface area contributed by atoms with E-state index in [0.29, 0.717) is 5.92 Å². The first-order valence-electron chi connectivity index (χ1n) is 19.6. The summed E-state index contributed by atoms with van der Waals surface area (Å²) in [6.07, 6.45) is 24.5. The number of methoxy groups -OCH3 is 1. The number of rotatable bonds is 38. The van der Waals surface area contributed by atoms with Gasteiger partial charge in [0.2, 0.25) is 0 Å². The summed E-state index contributed by atoms with van der Waals surface area (Å²) in [5, 5.41) is 0. The predicted molar refractivity (Wildman–Crippen MR) is 192 cm³/mol. The van der Waals surface area contributed by atoms with Crippen LogP contribution in [0.5, 0.6) is 0 Å². The fraction of sp³-hybridized carbons (Fsp3) is 1.00. The molecule has 0 bridgehead atoms. The lowest BCUT2D eigenvalue weighted by Crippen LogP contribution is -2.39. The third kappa shape index (κ3) is 28.5. The van der Waals surface area contributed by atoms with Crippen LogP contribution in [0, 0.1) is 5.92 Å². The number of unbranched alkanes of at least 4 members (excludes halogenated alkanes) is 9. The van der Waals surface area contributed by atoms with Crippen LogP contribution < -0.4 is 0 Å². The van der Waals surface area contributed by atoms with Crippen LogP contribution in [0.1, 0.15) is 169 Å². The van der Waals surface area contributed by atoms with Crippen molar-refractivity contribution in [1.82, 2.24) is 0 Å². The molecule has 0 saturated heterocycles. The van der Waals surface area contributed by atoms with E-state index in [1.54, 1.807) is 0 Å². The summed E-state index contributed by atoms with van der Waals surface area (Å²) in [5.41, 5.74) is -0.229. The largest absolute Gasteiger partial charge is 0.385 e. The zero-order valence-corrected chi connectivity index (χ0v) is 31.3. The average Bonchev–Trinajstić information content (AvgIpc) is 3.04. The van der Waals surface area contributed by atoms with Crippen LogP contribution in [0.3, 0.4) is 0 Å². The lowest BCUT2D eigenvalue weighted by molar-refractivity contribution is -0.100. The third-order valence-electron chi connectivity index (χ3n) is 8.95. The minimum atomic E-state index is -0.229. The van der Waals surface area contributed by atoms with E-state index >= 15 is 0 Å². The smallest absolute Gasteiger partial charge is 0.0729 e. The molecule has 0 aromatic rings. The molecule has 3 unspecified atom stereocenters. The molecule has 45 heavy (non-hydrogen) atoms. The highest BCUT2D eigenvalue weighted by Crippen LogP contribution is 2.34. The Kier molecular flexibility index (Phi) is 34.9. The lowest BCUT2D eigenvalue weighted by atomic mass is 9.81.